The molecule has 2 aliphatic carbocycles. The summed E-state index contributed by atoms with van der Waals surface area (Å²) in [4.78, 5) is 0. The Morgan fingerprint density at radius 3 is 2.38 bits per heavy atom. The van der Waals surface area contributed by atoms with E-state index in [1.807, 2.05) is 0 Å². The quantitative estimate of drug-likeness (QED) is 0.718. The lowest BCUT2D eigenvalue weighted by atomic mass is 9.83. The maximum absolute atomic E-state index is 3.76. The smallest absolute Gasteiger partial charge is 0.000793 e. The molecular weight excluding hydrogens is 194 g/mol. The minimum Gasteiger partial charge on any atom is -0.316 e. The Labute approximate surface area is 101 Å². The van der Waals surface area contributed by atoms with Gasteiger partial charge in [-0.3, -0.25) is 0 Å². The molecule has 0 unspecified atom stereocenters. The first-order chi connectivity index (χ1) is 7.74. The predicted molar refractivity (Wildman–Crippen MR) is 70.6 cm³/mol. The van der Waals surface area contributed by atoms with E-state index >= 15 is 0 Å². The molecule has 0 heterocycles. The first-order valence-electron chi connectivity index (χ1n) is 7.45. The summed E-state index contributed by atoms with van der Waals surface area (Å²) in [6, 6.07) is 0. The first-order valence-corrected chi connectivity index (χ1v) is 7.45. The molecule has 0 aromatic rings. The monoisotopic (exact) mass is 223 g/mol. The number of hydrogen-bond donors (Lipinski definition) is 1. The molecule has 1 nitrogen and oxygen atoms in total. The Kier molecular flexibility index (Phi) is 4.29. The summed E-state index contributed by atoms with van der Waals surface area (Å²) in [5.41, 5.74) is 0.733. The molecule has 0 bridgehead atoms. The van der Waals surface area contributed by atoms with Crippen LogP contribution < -0.4 is 5.32 Å². The molecule has 0 aliphatic heterocycles. The summed E-state index contributed by atoms with van der Waals surface area (Å²) in [7, 11) is 0. The van der Waals surface area contributed by atoms with Crippen LogP contribution in [0.4, 0.5) is 0 Å². The van der Waals surface area contributed by atoms with E-state index in [-0.39, 0.29) is 0 Å². The van der Waals surface area contributed by atoms with Gasteiger partial charge >= 0.3 is 0 Å². The minimum atomic E-state index is 0.733. The molecule has 0 amide bonds. The zero-order chi connectivity index (χ0) is 11.4. The van der Waals surface area contributed by atoms with Gasteiger partial charge in [0.15, 0.2) is 0 Å². The molecule has 1 N–H and O–H groups in total. The molecule has 16 heavy (non-hydrogen) atoms. The second-order valence-electron chi connectivity index (χ2n) is 6.51. The molecule has 0 radical (unpaired) electrons. The Balaban J connectivity index is 1.58. The van der Waals surface area contributed by atoms with Crippen LogP contribution in [-0.4, -0.2) is 13.1 Å². The molecule has 94 valence electrons. The van der Waals surface area contributed by atoms with Crippen molar-refractivity contribution >= 4 is 0 Å². The van der Waals surface area contributed by atoms with Crippen LogP contribution in [-0.2, 0) is 0 Å². The van der Waals surface area contributed by atoms with Gasteiger partial charge in [-0.15, -0.1) is 0 Å². The molecule has 2 rings (SSSR count). The lowest BCUT2D eigenvalue weighted by Crippen LogP contribution is -2.30. The van der Waals surface area contributed by atoms with Gasteiger partial charge in [-0.1, -0.05) is 33.1 Å². The lowest BCUT2D eigenvalue weighted by Gasteiger charge is -2.27. The second kappa shape index (κ2) is 5.53. The Bertz CT molecular complexity index is 199. The van der Waals surface area contributed by atoms with Crippen molar-refractivity contribution in [2.45, 2.75) is 65.2 Å². The van der Waals surface area contributed by atoms with Crippen LogP contribution in [0.3, 0.4) is 0 Å². The van der Waals surface area contributed by atoms with E-state index in [0.717, 1.165) is 17.3 Å². The molecular formula is C15H29N. The van der Waals surface area contributed by atoms with Crippen molar-refractivity contribution in [3.63, 3.8) is 0 Å². The van der Waals surface area contributed by atoms with Crippen LogP contribution in [0, 0.1) is 17.3 Å². The average molecular weight is 223 g/mol. The molecule has 0 aromatic heterocycles. The van der Waals surface area contributed by atoms with E-state index in [2.05, 4.69) is 19.2 Å². The second-order valence-corrected chi connectivity index (χ2v) is 6.51. The van der Waals surface area contributed by atoms with E-state index in [4.69, 9.17) is 0 Å². The molecule has 0 atom stereocenters. The average Bonchev–Trinajstić information content (AvgIpc) is 3.02. The summed E-state index contributed by atoms with van der Waals surface area (Å²) in [5.74, 6) is 1.97. The Morgan fingerprint density at radius 1 is 1.12 bits per heavy atom. The molecule has 1 heteroatoms. The van der Waals surface area contributed by atoms with E-state index < -0.39 is 0 Å². The van der Waals surface area contributed by atoms with E-state index in [9.17, 15) is 0 Å². The topological polar surface area (TPSA) is 12.0 Å². The largest absolute Gasteiger partial charge is 0.316 e. The molecule has 0 spiro atoms. The summed E-state index contributed by atoms with van der Waals surface area (Å²) in [5, 5.41) is 3.76. The van der Waals surface area contributed by atoms with Crippen molar-refractivity contribution in [1.82, 2.24) is 5.32 Å². The zero-order valence-electron chi connectivity index (χ0n) is 11.2. The van der Waals surface area contributed by atoms with Crippen LogP contribution in [0.15, 0.2) is 0 Å². The normalized spacial score (nSPS) is 32.6. The van der Waals surface area contributed by atoms with Gasteiger partial charge in [-0.25, -0.2) is 0 Å². The summed E-state index contributed by atoms with van der Waals surface area (Å²) in [6.07, 6.45) is 11.6. The van der Waals surface area contributed by atoms with Gasteiger partial charge in [0.1, 0.15) is 0 Å². The third-order valence-corrected chi connectivity index (χ3v) is 4.81. The Hall–Kier alpha value is -0.0400. The third-order valence-electron chi connectivity index (χ3n) is 4.81. The van der Waals surface area contributed by atoms with Gasteiger partial charge < -0.3 is 5.32 Å². The molecule has 0 aromatic carbocycles. The maximum atomic E-state index is 3.76. The van der Waals surface area contributed by atoms with Crippen molar-refractivity contribution in [1.29, 1.82) is 0 Å². The first kappa shape index (κ1) is 12.4. The third kappa shape index (κ3) is 3.48. The van der Waals surface area contributed by atoms with E-state index in [1.54, 1.807) is 0 Å². The highest BCUT2D eigenvalue weighted by Gasteiger charge is 2.40. The van der Waals surface area contributed by atoms with Crippen LogP contribution in [0.25, 0.3) is 0 Å². The Morgan fingerprint density at radius 2 is 1.81 bits per heavy atom. The highest BCUT2D eigenvalue weighted by molar-refractivity contribution is 4.94. The zero-order valence-corrected chi connectivity index (χ0v) is 11.2. The maximum Gasteiger partial charge on any atom is 0.000793 e. The predicted octanol–water partition coefficient (Wildman–Crippen LogP) is 3.98. The van der Waals surface area contributed by atoms with Crippen molar-refractivity contribution in [2.75, 3.05) is 13.1 Å². The van der Waals surface area contributed by atoms with Gasteiger partial charge in [-0.2, -0.15) is 0 Å². The summed E-state index contributed by atoms with van der Waals surface area (Å²) < 4.78 is 0. The van der Waals surface area contributed by atoms with Gasteiger partial charge in [0, 0.05) is 6.54 Å². The fourth-order valence-corrected chi connectivity index (χ4v) is 3.30. The van der Waals surface area contributed by atoms with Gasteiger partial charge in [-0.05, 0) is 55.9 Å². The van der Waals surface area contributed by atoms with Crippen molar-refractivity contribution in [2.24, 2.45) is 17.3 Å². The van der Waals surface area contributed by atoms with Crippen molar-refractivity contribution in [3.05, 3.63) is 0 Å². The van der Waals surface area contributed by atoms with E-state index in [1.165, 1.54) is 64.5 Å². The van der Waals surface area contributed by atoms with Crippen molar-refractivity contribution < 1.29 is 0 Å². The molecule has 2 aliphatic rings. The SMILES string of the molecule is CCCC1(CNCC2CCC(C)CC2)CC1. The lowest BCUT2D eigenvalue weighted by molar-refractivity contribution is 0.274. The van der Waals surface area contributed by atoms with Crippen molar-refractivity contribution in [3.8, 4) is 0 Å². The van der Waals surface area contributed by atoms with Crippen LogP contribution >= 0.6 is 0 Å². The fourth-order valence-electron chi connectivity index (χ4n) is 3.30. The summed E-state index contributed by atoms with van der Waals surface area (Å²) >= 11 is 0. The van der Waals surface area contributed by atoms with Crippen LogP contribution in [0.2, 0.25) is 0 Å². The van der Waals surface area contributed by atoms with Gasteiger partial charge in [0.05, 0.1) is 0 Å². The fraction of sp³-hybridized carbons (Fsp3) is 1.00. The van der Waals surface area contributed by atoms with Crippen LogP contribution in [0.5, 0.6) is 0 Å². The summed E-state index contributed by atoms with van der Waals surface area (Å²) in [6.45, 7) is 7.32. The molecule has 2 saturated carbocycles. The number of hydrogen-bond acceptors (Lipinski definition) is 1. The van der Waals surface area contributed by atoms with Crippen LogP contribution in [0.1, 0.15) is 65.2 Å². The number of nitrogens with one attached hydrogen (secondary N) is 1. The molecule has 0 saturated heterocycles. The van der Waals surface area contributed by atoms with Gasteiger partial charge in [0.25, 0.3) is 0 Å². The highest BCUT2D eigenvalue weighted by Crippen LogP contribution is 2.48. The van der Waals surface area contributed by atoms with E-state index in [0.29, 0.717) is 0 Å². The number of rotatable bonds is 6. The molecule has 2 fully saturated rings. The standard InChI is InChI=1S/C15H29N/c1-3-8-15(9-10-15)12-16-11-14-6-4-13(2)5-7-14/h13-14,16H,3-12H2,1-2H3. The minimum absolute atomic E-state index is 0.733. The van der Waals surface area contributed by atoms with Gasteiger partial charge in [0.2, 0.25) is 0 Å². The highest BCUT2D eigenvalue weighted by atomic mass is 14.9.